The summed E-state index contributed by atoms with van der Waals surface area (Å²) in [5.41, 5.74) is 3.24. The highest BCUT2D eigenvalue weighted by Gasteiger charge is 2.29. The standard InChI is InChI=1S/C26H24N2O3/c1-28(26(30)25(29)22-17-27-23-11-7-6-10-21(22)23)24(16-18-8-4-3-5-9-18)19-12-14-20(31-2)15-13-19/h3-15,17,24,27H,16H2,1-2H3. The third-order valence-electron chi connectivity index (χ3n) is 5.59. The minimum Gasteiger partial charge on any atom is -0.497 e. The van der Waals surface area contributed by atoms with Crippen LogP contribution in [0.2, 0.25) is 0 Å². The van der Waals surface area contributed by atoms with Gasteiger partial charge in [0.2, 0.25) is 0 Å². The number of likely N-dealkylation sites (N-methyl/N-ethyl adjacent to an activating group) is 1. The van der Waals surface area contributed by atoms with E-state index in [0.717, 1.165) is 27.8 Å². The first-order valence-electron chi connectivity index (χ1n) is 10.1. The van der Waals surface area contributed by atoms with Crippen LogP contribution in [0.15, 0.2) is 85.1 Å². The second-order valence-corrected chi connectivity index (χ2v) is 7.47. The van der Waals surface area contributed by atoms with Crippen LogP contribution in [0.4, 0.5) is 0 Å². The highest BCUT2D eigenvalue weighted by atomic mass is 16.5. The molecule has 1 aromatic heterocycles. The van der Waals surface area contributed by atoms with Crippen LogP contribution in [0.3, 0.4) is 0 Å². The number of H-pyrrole nitrogens is 1. The lowest BCUT2D eigenvalue weighted by Gasteiger charge is -2.28. The van der Waals surface area contributed by atoms with E-state index in [1.165, 1.54) is 0 Å². The fraction of sp³-hybridized carbons (Fsp3) is 0.154. The summed E-state index contributed by atoms with van der Waals surface area (Å²) in [7, 11) is 3.30. The van der Waals surface area contributed by atoms with Crippen LogP contribution in [0, 0.1) is 0 Å². The molecule has 0 aliphatic rings. The molecule has 1 amide bonds. The second-order valence-electron chi connectivity index (χ2n) is 7.47. The van der Waals surface area contributed by atoms with Gasteiger partial charge in [0.1, 0.15) is 5.75 Å². The van der Waals surface area contributed by atoms with E-state index in [2.05, 4.69) is 4.98 Å². The number of carbonyl (C=O) groups is 2. The van der Waals surface area contributed by atoms with E-state index in [0.29, 0.717) is 12.0 Å². The van der Waals surface area contributed by atoms with Crippen molar-refractivity contribution in [2.24, 2.45) is 0 Å². The molecule has 31 heavy (non-hydrogen) atoms. The highest BCUT2D eigenvalue weighted by molar-refractivity contribution is 6.44. The van der Waals surface area contributed by atoms with Crippen molar-refractivity contribution >= 4 is 22.6 Å². The van der Waals surface area contributed by atoms with Gasteiger partial charge in [0.05, 0.1) is 18.7 Å². The summed E-state index contributed by atoms with van der Waals surface area (Å²) < 4.78 is 5.27. The summed E-state index contributed by atoms with van der Waals surface area (Å²) in [6.07, 6.45) is 2.20. The second kappa shape index (κ2) is 8.88. The van der Waals surface area contributed by atoms with E-state index in [1.807, 2.05) is 78.9 Å². The number of ether oxygens (including phenoxy) is 1. The van der Waals surface area contributed by atoms with Crippen molar-refractivity contribution in [1.82, 2.24) is 9.88 Å². The van der Waals surface area contributed by atoms with Crippen molar-refractivity contribution in [1.29, 1.82) is 0 Å². The number of carbonyl (C=O) groups excluding carboxylic acids is 2. The van der Waals surface area contributed by atoms with Gasteiger partial charge in [-0.2, -0.15) is 0 Å². The molecule has 5 nitrogen and oxygen atoms in total. The summed E-state index contributed by atoms with van der Waals surface area (Å²) >= 11 is 0. The summed E-state index contributed by atoms with van der Waals surface area (Å²) in [5.74, 6) is -0.320. The average Bonchev–Trinajstić information content (AvgIpc) is 3.26. The molecule has 5 heteroatoms. The Bertz CT molecular complexity index is 1200. The zero-order chi connectivity index (χ0) is 21.8. The van der Waals surface area contributed by atoms with Crippen LogP contribution in [0.25, 0.3) is 10.9 Å². The molecule has 0 saturated heterocycles. The Labute approximate surface area is 181 Å². The van der Waals surface area contributed by atoms with Gasteiger partial charge in [0.25, 0.3) is 11.7 Å². The lowest BCUT2D eigenvalue weighted by atomic mass is 9.96. The monoisotopic (exact) mass is 412 g/mol. The van der Waals surface area contributed by atoms with Crippen LogP contribution in [0.5, 0.6) is 5.75 Å². The van der Waals surface area contributed by atoms with Crippen molar-refractivity contribution in [2.45, 2.75) is 12.5 Å². The Morgan fingerprint density at radius 3 is 2.32 bits per heavy atom. The molecular weight excluding hydrogens is 388 g/mol. The molecule has 0 aliphatic carbocycles. The summed E-state index contributed by atoms with van der Waals surface area (Å²) in [6.45, 7) is 0. The maximum Gasteiger partial charge on any atom is 0.295 e. The first kappa shape index (κ1) is 20.4. The van der Waals surface area contributed by atoms with Crippen molar-refractivity contribution in [3.63, 3.8) is 0 Å². The van der Waals surface area contributed by atoms with Crippen molar-refractivity contribution in [2.75, 3.05) is 14.2 Å². The van der Waals surface area contributed by atoms with Crippen LogP contribution < -0.4 is 4.74 Å². The van der Waals surface area contributed by atoms with Gasteiger partial charge in [-0.1, -0.05) is 60.7 Å². The Morgan fingerprint density at radius 1 is 0.935 bits per heavy atom. The number of rotatable bonds is 7. The number of nitrogens with zero attached hydrogens (tertiary/aromatic N) is 1. The molecule has 156 valence electrons. The largest absolute Gasteiger partial charge is 0.497 e. The number of methoxy groups -OCH3 is 1. The van der Waals surface area contributed by atoms with E-state index in [4.69, 9.17) is 4.74 Å². The summed E-state index contributed by atoms with van der Waals surface area (Å²) in [6, 6.07) is 24.7. The predicted molar refractivity (Wildman–Crippen MR) is 121 cm³/mol. The number of hydrogen-bond donors (Lipinski definition) is 1. The van der Waals surface area contributed by atoms with Crippen LogP contribution >= 0.6 is 0 Å². The highest BCUT2D eigenvalue weighted by Crippen LogP contribution is 2.27. The number of para-hydroxylation sites is 1. The van der Waals surface area contributed by atoms with Gasteiger partial charge in [-0.15, -0.1) is 0 Å². The molecule has 4 aromatic rings. The topological polar surface area (TPSA) is 62.4 Å². The van der Waals surface area contributed by atoms with Crippen molar-refractivity contribution in [3.05, 3.63) is 102 Å². The Hall–Kier alpha value is -3.86. The molecule has 1 atom stereocenters. The van der Waals surface area contributed by atoms with E-state index in [1.54, 1.807) is 25.3 Å². The molecule has 1 heterocycles. The number of amides is 1. The summed E-state index contributed by atoms with van der Waals surface area (Å²) in [5, 5.41) is 0.748. The van der Waals surface area contributed by atoms with Crippen molar-refractivity contribution in [3.8, 4) is 5.75 Å². The first-order chi connectivity index (χ1) is 15.1. The van der Waals surface area contributed by atoms with E-state index >= 15 is 0 Å². The van der Waals surface area contributed by atoms with Gasteiger partial charge in [-0.25, -0.2) is 0 Å². The quantitative estimate of drug-likeness (QED) is 0.350. The smallest absolute Gasteiger partial charge is 0.295 e. The van der Waals surface area contributed by atoms with E-state index in [9.17, 15) is 9.59 Å². The van der Waals surface area contributed by atoms with Gasteiger partial charge in [0.15, 0.2) is 0 Å². The number of benzene rings is 3. The fourth-order valence-corrected chi connectivity index (χ4v) is 3.82. The molecule has 0 aliphatic heterocycles. The zero-order valence-electron chi connectivity index (χ0n) is 17.5. The Kier molecular flexibility index (Phi) is 5.85. The minimum atomic E-state index is -0.540. The SMILES string of the molecule is COc1ccc(C(Cc2ccccc2)N(C)C(=O)C(=O)c2c[nH]c3ccccc23)cc1. The predicted octanol–water partition coefficient (Wildman–Crippen LogP) is 4.80. The number of aromatic nitrogens is 1. The number of aromatic amines is 1. The molecule has 1 unspecified atom stereocenters. The Morgan fingerprint density at radius 2 is 1.61 bits per heavy atom. The molecule has 0 bridgehead atoms. The number of fused-ring (bicyclic) bond motifs is 1. The van der Waals surface area contributed by atoms with Crippen LogP contribution in [-0.2, 0) is 11.2 Å². The maximum absolute atomic E-state index is 13.3. The molecule has 0 fully saturated rings. The molecule has 3 aromatic carbocycles. The number of ketones is 1. The molecular formula is C26H24N2O3. The molecule has 4 rings (SSSR count). The number of hydrogen-bond acceptors (Lipinski definition) is 3. The zero-order valence-corrected chi connectivity index (χ0v) is 17.5. The van der Waals surface area contributed by atoms with Gasteiger partial charge in [-0.05, 0) is 35.7 Å². The van der Waals surface area contributed by atoms with Gasteiger partial charge in [-0.3, -0.25) is 9.59 Å². The maximum atomic E-state index is 13.3. The molecule has 1 N–H and O–H groups in total. The van der Waals surface area contributed by atoms with E-state index in [-0.39, 0.29) is 6.04 Å². The minimum absolute atomic E-state index is 0.296. The van der Waals surface area contributed by atoms with Crippen LogP contribution in [-0.4, -0.2) is 35.7 Å². The molecule has 0 spiro atoms. The third kappa shape index (κ3) is 4.21. The average molecular weight is 412 g/mol. The number of nitrogens with one attached hydrogen (secondary N) is 1. The lowest BCUT2D eigenvalue weighted by Crippen LogP contribution is -2.37. The third-order valence-corrected chi connectivity index (χ3v) is 5.59. The van der Waals surface area contributed by atoms with Gasteiger partial charge < -0.3 is 14.6 Å². The van der Waals surface area contributed by atoms with Crippen LogP contribution in [0.1, 0.15) is 27.5 Å². The molecule has 0 radical (unpaired) electrons. The lowest BCUT2D eigenvalue weighted by molar-refractivity contribution is -0.127. The molecule has 0 saturated carbocycles. The van der Waals surface area contributed by atoms with Crippen molar-refractivity contribution < 1.29 is 14.3 Å². The van der Waals surface area contributed by atoms with E-state index < -0.39 is 11.7 Å². The Balaban J connectivity index is 1.65. The normalized spacial score (nSPS) is 11.8. The van der Waals surface area contributed by atoms with Gasteiger partial charge >= 0.3 is 0 Å². The van der Waals surface area contributed by atoms with Gasteiger partial charge in [0, 0.05) is 24.1 Å². The summed E-state index contributed by atoms with van der Waals surface area (Å²) in [4.78, 5) is 31.0. The fourth-order valence-electron chi connectivity index (χ4n) is 3.82. The number of Topliss-reactive ketones (excluding diaryl/α,β-unsaturated/α-hetero) is 1. The first-order valence-corrected chi connectivity index (χ1v) is 10.1.